The van der Waals surface area contributed by atoms with Gasteiger partial charge in [-0.2, -0.15) is 0 Å². The summed E-state index contributed by atoms with van der Waals surface area (Å²) in [5, 5.41) is 5.57. The van der Waals surface area contributed by atoms with E-state index >= 15 is 0 Å². The predicted molar refractivity (Wildman–Crippen MR) is 94.8 cm³/mol. The van der Waals surface area contributed by atoms with Crippen molar-refractivity contribution in [3.63, 3.8) is 0 Å². The van der Waals surface area contributed by atoms with Gasteiger partial charge in [0, 0.05) is 30.4 Å². The van der Waals surface area contributed by atoms with Crippen molar-refractivity contribution in [2.75, 3.05) is 18.4 Å². The van der Waals surface area contributed by atoms with Gasteiger partial charge < -0.3 is 20.3 Å². The maximum absolute atomic E-state index is 12.1. The van der Waals surface area contributed by atoms with Crippen LogP contribution in [0.25, 0.3) is 0 Å². The lowest BCUT2D eigenvalue weighted by atomic mass is 10.1. The number of Topliss-reactive ketones (excluding diaryl/α,β-unsaturated/α-hetero) is 1. The molecule has 0 spiro atoms. The molecule has 1 aliphatic heterocycles. The molecule has 2 N–H and O–H groups in total. The van der Waals surface area contributed by atoms with Crippen molar-refractivity contribution in [3.05, 3.63) is 29.8 Å². The van der Waals surface area contributed by atoms with Crippen molar-refractivity contribution < 1.29 is 19.1 Å². The lowest BCUT2D eigenvalue weighted by molar-refractivity contribution is 0.0291. The van der Waals surface area contributed by atoms with Gasteiger partial charge in [-0.15, -0.1) is 0 Å². The smallest absolute Gasteiger partial charge is 0.410 e. The second-order valence-electron chi connectivity index (χ2n) is 7.14. The average molecular weight is 347 g/mol. The minimum atomic E-state index is -0.536. The van der Waals surface area contributed by atoms with E-state index in [0.717, 1.165) is 0 Å². The van der Waals surface area contributed by atoms with Gasteiger partial charge in [0.1, 0.15) is 5.60 Å². The highest BCUT2D eigenvalue weighted by atomic mass is 16.6. The minimum Gasteiger partial charge on any atom is -0.444 e. The number of nitrogens with zero attached hydrogens (tertiary/aromatic N) is 1. The van der Waals surface area contributed by atoms with Crippen LogP contribution in [0.2, 0.25) is 0 Å². The van der Waals surface area contributed by atoms with Crippen LogP contribution in [0, 0.1) is 0 Å². The maximum atomic E-state index is 12.1. The van der Waals surface area contributed by atoms with E-state index in [9.17, 15) is 14.4 Å². The summed E-state index contributed by atoms with van der Waals surface area (Å²) in [6, 6.07) is 6.22. The van der Waals surface area contributed by atoms with Crippen molar-refractivity contribution in [2.24, 2.45) is 0 Å². The number of ether oxygens (including phenoxy) is 1. The number of nitrogens with one attached hydrogen (secondary N) is 2. The number of benzene rings is 1. The van der Waals surface area contributed by atoms with E-state index in [1.54, 1.807) is 29.2 Å². The fraction of sp³-hybridized carbons (Fsp3) is 0.500. The molecular weight excluding hydrogens is 322 g/mol. The highest BCUT2D eigenvalue weighted by molar-refractivity contribution is 5.95. The van der Waals surface area contributed by atoms with Gasteiger partial charge in [-0.1, -0.05) is 0 Å². The quantitative estimate of drug-likeness (QED) is 0.823. The third kappa shape index (κ3) is 5.77. The van der Waals surface area contributed by atoms with E-state index < -0.39 is 5.60 Å². The maximum Gasteiger partial charge on any atom is 0.410 e. The van der Waals surface area contributed by atoms with Gasteiger partial charge in [0.15, 0.2) is 5.78 Å². The number of rotatable bonds is 3. The Kier molecular flexibility index (Phi) is 5.66. The number of hydrogen-bond donors (Lipinski definition) is 2. The van der Waals surface area contributed by atoms with Gasteiger partial charge in [-0.3, -0.25) is 4.79 Å². The Morgan fingerprint density at radius 2 is 1.80 bits per heavy atom. The highest BCUT2D eigenvalue weighted by Crippen LogP contribution is 2.16. The first kappa shape index (κ1) is 18.8. The van der Waals surface area contributed by atoms with Crippen molar-refractivity contribution in [3.8, 4) is 0 Å². The Hall–Kier alpha value is -2.57. The Balaban J connectivity index is 1.81. The summed E-state index contributed by atoms with van der Waals surface area (Å²) >= 11 is 0. The van der Waals surface area contributed by atoms with Crippen LogP contribution in [0.5, 0.6) is 0 Å². The first-order valence-corrected chi connectivity index (χ1v) is 8.30. The molecule has 7 nitrogen and oxygen atoms in total. The third-order valence-corrected chi connectivity index (χ3v) is 3.72. The Bertz CT molecular complexity index is 649. The van der Waals surface area contributed by atoms with Crippen LogP contribution in [0.1, 0.15) is 44.5 Å². The zero-order valence-electron chi connectivity index (χ0n) is 15.1. The molecule has 0 aliphatic carbocycles. The number of carbonyl (C=O) groups excluding carboxylic acids is 3. The largest absolute Gasteiger partial charge is 0.444 e. The van der Waals surface area contributed by atoms with Crippen LogP contribution < -0.4 is 10.6 Å². The average Bonchev–Trinajstić information content (AvgIpc) is 2.94. The molecule has 1 aromatic rings. The molecule has 2 rings (SSSR count). The number of hydrogen-bond acceptors (Lipinski definition) is 4. The standard InChI is InChI=1S/C18H25N3O4/c1-12(22)13-5-7-14(8-6-13)19-16(23)20-15-9-10-21(11-15)17(24)25-18(2,3)4/h5-8,15H,9-11H2,1-4H3,(H2,19,20,23). The molecule has 3 amide bonds. The third-order valence-electron chi connectivity index (χ3n) is 3.72. The second kappa shape index (κ2) is 7.55. The number of ketones is 1. The van der Waals surface area contributed by atoms with Gasteiger partial charge in [-0.25, -0.2) is 9.59 Å². The van der Waals surface area contributed by atoms with Gasteiger partial charge in [0.25, 0.3) is 0 Å². The fourth-order valence-corrected chi connectivity index (χ4v) is 2.51. The molecule has 1 unspecified atom stereocenters. The zero-order valence-corrected chi connectivity index (χ0v) is 15.1. The van der Waals surface area contributed by atoms with Crippen LogP contribution >= 0.6 is 0 Å². The fourth-order valence-electron chi connectivity index (χ4n) is 2.51. The van der Waals surface area contributed by atoms with Crippen LogP contribution in [0.3, 0.4) is 0 Å². The van der Waals surface area contributed by atoms with E-state index in [1.807, 2.05) is 20.8 Å². The van der Waals surface area contributed by atoms with Crippen LogP contribution in [-0.4, -0.2) is 47.5 Å². The Morgan fingerprint density at radius 3 is 2.36 bits per heavy atom. The molecule has 136 valence electrons. The molecule has 1 aliphatic rings. The zero-order chi connectivity index (χ0) is 18.6. The highest BCUT2D eigenvalue weighted by Gasteiger charge is 2.30. The first-order valence-electron chi connectivity index (χ1n) is 8.30. The summed E-state index contributed by atoms with van der Waals surface area (Å²) in [5.41, 5.74) is 0.658. The van der Waals surface area contributed by atoms with E-state index in [0.29, 0.717) is 30.8 Å². The van der Waals surface area contributed by atoms with Crippen molar-refractivity contribution in [1.82, 2.24) is 10.2 Å². The van der Waals surface area contributed by atoms with Crippen molar-refractivity contribution in [2.45, 2.75) is 45.8 Å². The van der Waals surface area contributed by atoms with Crippen LogP contribution in [-0.2, 0) is 4.74 Å². The normalized spacial score (nSPS) is 17.1. The molecule has 1 atom stereocenters. The molecule has 7 heteroatoms. The second-order valence-corrected chi connectivity index (χ2v) is 7.14. The number of amides is 3. The predicted octanol–water partition coefficient (Wildman–Crippen LogP) is 3.02. The van der Waals surface area contributed by atoms with E-state index in [4.69, 9.17) is 4.74 Å². The molecule has 1 aromatic carbocycles. The summed E-state index contributed by atoms with van der Waals surface area (Å²) in [7, 11) is 0. The first-order chi connectivity index (χ1) is 11.6. The molecule has 1 saturated heterocycles. The molecule has 0 aromatic heterocycles. The Morgan fingerprint density at radius 1 is 1.16 bits per heavy atom. The monoisotopic (exact) mass is 347 g/mol. The molecule has 1 heterocycles. The molecular formula is C18H25N3O4. The number of carbonyl (C=O) groups is 3. The van der Waals surface area contributed by atoms with Crippen LogP contribution in [0.15, 0.2) is 24.3 Å². The molecule has 1 fully saturated rings. The SMILES string of the molecule is CC(=O)c1ccc(NC(=O)NC2CCN(C(=O)OC(C)(C)C)C2)cc1. The van der Waals surface area contributed by atoms with Gasteiger partial charge in [-0.05, 0) is 58.4 Å². The van der Waals surface area contributed by atoms with Gasteiger partial charge in [0.05, 0.1) is 0 Å². The summed E-state index contributed by atoms with van der Waals surface area (Å²) in [4.78, 5) is 36.9. The number of urea groups is 1. The number of likely N-dealkylation sites (tertiary alicyclic amines) is 1. The van der Waals surface area contributed by atoms with Crippen molar-refractivity contribution >= 4 is 23.6 Å². The summed E-state index contributed by atoms with van der Waals surface area (Å²) < 4.78 is 5.33. The van der Waals surface area contributed by atoms with Gasteiger partial charge >= 0.3 is 12.1 Å². The topological polar surface area (TPSA) is 87.7 Å². The molecule has 25 heavy (non-hydrogen) atoms. The summed E-state index contributed by atoms with van der Waals surface area (Å²) in [6.45, 7) is 7.93. The van der Waals surface area contributed by atoms with Gasteiger partial charge in [0.2, 0.25) is 0 Å². The van der Waals surface area contributed by atoms with E-state index in [1.165, 1.54) is 6.92 Å². The number of anilines is 1. The van der Waals surface area contributed by atoms with Crippen LogP contribution in [0.4, 0.5) is 15.3 Å². The lowest BCUT2D eigenvalue weighted by Gasteiger charge is -2.24. The van der Waals surface area contributed by atoms with E-state index in [-0.39, 0.29) is 23.9 Å². The van der Waals surface area contributed by atoms with E-state index in [2.05, 4.69) is 10.6 Å². The molecule has 0 saturated carbocycles. The minimum absolute atomic E-state index is 0.0239. The molecule has 0 radical (unpaired) electrons. The summed E-state index contributed by atoms with van der Waals surface area (Å²) in [6.07, 6.45) is 0.313. The van der Waals surface area contributed by atoms with Crippen molar-refractivity contribution in [1.29, 1.82) is 0 Å². The lowest BCUT2D eigenvalue weighted by Crippen LogP contribution is -2.41. The Labute approximate surface area is 147 Å². The summed E-state index contributed by atoms with van der Waals surface area (Å²) in [5.74, 6) is -0.0239. The molecule has 0 bridgehead atoms.